The Bertz CT molecular complexity index is 499. The molecule has 0 aliphatic rings. The Morgan fingerprint density at radius 3 is 2.61 bits per heavy atom. The summed E-state index contributed by atoms with van der Waals surface area (Å²) in [5.74, 6) is 0.318. The highest BCUT2D eigenvalue weighted by molar-refractivity contribution is 6.31. The monoisotopic (exact) mass is 265 g/mol. The Morgan fingerprint density at radius 2 is 2.00 bits per heavy atom. The minimum Gasteiger partial charge on any atom is -0.310 e. The van der Waals surface area contributed by atoms with Gasteiger partial charge in [-0.05, 0) is 31.7 Å². The number of hydrogen-bond donors (Lipinski definition) is 1. The normalized spacial score (nSPS) is 12.4. The maximum atomic E-state index is 13.7. The van der Waals surface area contributed by atoms with Crippen LogP contribution < -0.4 is 5.32 Å². The van der Waals surface area contributed by atoms with E-state index in [1.54, 1.807) is 37.6 Å². The van der Waals surface area contributed by atoms with Crippen LogP contribution in [0.5, 0.6) is 0 Å². The zero-order valence-corrected chi connectivity index (χ0v) is 10.7. The van der Waals surface area contributed by atoms with E-state index in [0.29, 0.717) is 22.8 Å². The molecular formula is C13H13ClFN3. The van der Waals surface area contributed by atoms with E-state index in [0.717, 1.165) is 0 Å². The van der Waals surface area contributed by atoms with Crippen LogP contribution >= 0.6 is 11.6 Å². The van der Waals surface area contributed by atoms with E-state index >= 15 is 0 Å². The first-order chi connectivity index (χ1) is 8.72. The number of aromatic nitrogens is 2. The van der Waals surface area contributed by atoms with E-state index in [2.05, 4.69) is 15.3 Å². The number of nitrogens with one attached hydrogen (secondary N) is 1. The predicted octanol–water partition coefficient (Wildman–Crippen LogP) is 2.77. The lowest BCUT2D eigenvalue weighted by molar-refractivity contribution is 0.532. The van der Waals surface area contributed by atoms with E-state index < -0.39 is 0 Å². The first-order valence-corrected chi connectivity index (χ1v) is 5.97. The van der Waals surface area contributed by atoms with Gasteiger partial charge in [-0.25, -0.2) is 14.4 Å². The number of halogens is 2. The van der Waals surface area contributed by atoms with Gasteiger partial charge in [0.05, 0.1) is 6.04 Å². The van der Waals surface area contributed by atoms with Gasteiger partial charge in [0.15, 0.2) is 0 Å². The Balaban J connectivity index is 2.26. The van der Waals surface area contributed by atoms with Gasteiger partial charge in [-0.15, -0.1) is 0 Å². The van der Waals surface area contributed by atoms with Crippen LogP contribution in [0.25, 0.3) is 0 Å². The zero-order chi connectivity index (χ0) is 13.0. The van der Waals surface area contributed by atoms with Crippen molar-refractivity contribution in [2.24, 2.45) is 0 Å². The van der Waals surface area contributed by atoms with Crippen molar-refractivity contribution < 1.29 is 4.39 Å². The van der Waals surface area contributed by atoms with Crippen molar-refractivity contribution in [2.45, 2.75) is 12.5 Å². The van der Waals surface area contributed by atoms with Crippen LogP contribution in [0, 0.1) is 5.82 Å². The van der Waals surface area contributed by atoms with Gasteiger partial charge in [-0.1, -0.05) is 17.7 Å². The van der Waals surface area contributed by atoms with Crippen LogP contribution in [-0.2, 0) is 6.42 Å². The lowest BCUT2D eigenvalue weighted by Gasteiger charge is -2.15. The van der Waals surface area contributed by atoms with Gasteiger partial charge >= 0.3 is 0 Å². The molecule has 1 atom stereocenters. The van der Waals surface area contributed by atoms with E-state index in [1.807, 2.05) is 0 Å². The van der Waals surface area contributed by atoms with E-state index in [1.165, 1.54) is 6.07 Å². The van der Waals surface area contributed by atoms with Crippen LogP contribution in [0.4, 0.5) is 4.39 Å². The van der Waals surface area contributed by atoms with Gasteiger partial charge in [-0.3, -0.25) is 0 Å². The van der Waals surface area contributed by atoms with Crippen molar-refractivity contribution in [1.29, 1.82) is 0 Å². The van der Waals surface area contributed by atoms with Gasteiger partial charge in [0.1, 0.15) is 11.6 Å². The van der Waals surface area contributed by atoms with Crippen LogP contribution in [-0.4, -0.2) is 17.0 Å². The standard InChI is InChI=1S/C13H13ClFN3/c1-16-12(13-17-6-3-7-18-13)8-9-10(14)4-2-5-11(9)15/h2-7,12,16H,8H2,1H3. The molecule has 3 nitrogen and oxygen atoms in total. The Morgan fingerprint density at radius 1 is 1.28 bits per heavy atom. The van der Waals surface area contributed by atoms with Crippen molar-refractivity contribution in [2.75, 3.05) is 7.05 Å². The summed E-state index contributed by atoms with van der Waals surface area (Å²) in [6.07, 6.45) is 3.73. The first kappa shape index (κ1) is 12.9. The second kappa shape index (κ2) is 5.89. The van der Waals surface area contributed by atoms with E-state index in [4.69, 9.17) is 11.6 Å². The highest BCUT2D eigenvalue weighted by atomic mass is 35.5. The van der Waals surface area contributed by atoms with Gasteiger partial charge in [0.25, 0.3) is 0 Å². The van der Waals surface area contributed by atoms with Crippen LogP contribution in [0.1, 0.15) is 17.4 Å². The van der Waals surface area contributed by atoms with Gasteiger partial charge < -0.3 is 5.32 Å². The van der Waals surface area contributed by atoms with Gasteiger partial charge in [0, 0.05) is 23.0 Å². The van der Waals surface area contributed by atoms with Crippen LogP contribution in [0.15, 0.2) is 36.7 Å². The topological polar surface area (TPSA) is 37.8 Å². The molecule has 1 N–H and O–H groups in total. The Hall–Kier alpha value is -1.52. The molecule has 0 spiro atoms. The molecule has 1 aromatic carbocycles. The maximum absolute atomic E-state index is 13.7. The minimum absolute atomic E-state index is 0.166. The summed E-state index contributed by atoms with van der Waals surface area (Å²) < 4.78 is 13.7. The molecule has 0 saturated carbocycles. The summed E-state index contributed by atoms with van der Waals surface area (Å²) in [7, 11) is 1.79. The number of rotatable bonds is 4. The summed E-state index contributed by atoms with van der Waals surface area (Å²) in [4.78, 5) is 8.33. The molecule has 0 bridgehead atoms. The second-order valence-corrected chi connectivity index (χ2v) is 4.26. The molecule has 0 fully saturated rings. The third kappa shape index (κ3) is 2.83. The lowest BCUT2D eigenvalue weighted by atomic mass is 10.0. The van der Waals surface area contributed by atoms with Crippen LogP contribution in [0.3, 0.4) is 0 Å². The third-order valence-electron chi connectivity index (χ3n) is 2.72. The molecule has 2 rings (SSSR count). The molecule has 1 unspecified atom stereocenters. The number of nitrogens with zero attached hydrogens (tertiary/aromatic N) is 2. The number of hydrogen-bond acceptors (Lipinski definition) is 3. The average Bonchev–Trinajstić information content (AvgIpc) is 2.40. The molecule has 0 amide bonds. The Kier molecular flexibility index (Phi) is 4.23. The Labute approximate surface area is 110 Å². The SMILES string of the molecule is CNC(Cc1c(F)cccc1Cl)c1ncccn1. The summed E-state index contributed by atoms with van der Waals surface area (Å²) in [5, 5.41) is 3.49. The predicted molar refractivity (Wildman–Crippen MR) is 68.9 cm³/mol. The highest BCUT2D eigenvalue weighted by Crippen LogP contribution is 2.24. The molecule has 94 valence electrons. The van der Waals surface area contributed by atoms with Crippen molar-refractivity contribution in [3.63, 3.8) is 0 Å². The van der Waals surface area contributed by atoms with Gasteiger partial charge in [-0.2, -0.15) is 0 Å². The summed E-state index contributed by atoms with van der Waals surface area (Å²) in [5.41, 5.74) is 0.478. The molecule has 0 radical (unpaired) electrons. The molecule has 0 aliphatic heterocycles. The summed E-state index contributed by atoms with van der Waals surface area (Å²) in [6, 6.07) is 6.25. The second-order valence-electron chi connectivity index (χ2n) is 3.85. The van der Waals surface area contributed by atoms with E-state index in [-0.39, 0.29) is 11.9 Å². The number of likely N-dealkylation sites (N-methyl/N-ethyl adjacent to an activating group) is 1. The van der Waals surface area contributed by atoms with Crippen molar-refractivity contribution >= 4 is 11.6 Å². The largest absolute Gasteiger partial charge is 0.310 e. The number of benzene rings is 1. The van der Waals surface area contributed by atoms with Crippen LogP contribution in [0.2, 0.25) is 5.02 Å². The zero-order valence-electron chi connectivity index (χ0n) is 9.90. The fourth-order valence-electron chi connectivity index (χ4n) is 1.74. The molecule has 5 heteroatoms. The van der Waals surface area contributed by atoms with Crippen molar-refractivity contribution in [3.05, 3.63) is 58.9 Å². The molecule has 0 aliphatic carbocycles. The highest BCUT2D eigenvalue weighted by Gasteiger charge is 2.17. The minimum atomic E-state index is -0.307. The molecule has 1 heterocycles. The fraction of sp³-hybridized carbons (Fsp3) is 0.231. The molecule has 1 aromatic heterocycles. The molecular weight excluding hydrogens is 253 g/mol. The third-order valence-corrected chi connectivity index (χ3v) is 3.07. The summed E-state index contributed by atoms with van der Waals surface area (Å²) >= 11 is 6.01. The quantitative estimate of drug-likeness (QED) is 0.924. The fourth-order valence-corrected chi connectivity index (χ4v) is 1.98. The smallest absolute Gasteiger partial charge is 0.145 e. The first-order valence-electron chi connectivity index (χ1n) is 5.59. The lowest BCUT2D eigenvalue weighted by Crippen LogP contribution is -2.21. The maximum Gasteiger partial charge on any atom is 0.145 e. The molecule has 2 aromatic rings. The summed E-state index contributed by atoms with van der Waals surface area (Å²) in [6.45, 7) is 0. The average molecular weight is 266 g/mol. The van der Waals surface area contributed by atoms with E-state index in [9.17, 15) is 4.39 Å². The van der Waals surface area contributed by atoms with Crippen molar-refractivity contribution in [3.8, 4) is 0 Å². The molecule has 0 saturated heterocycles. The van der Waals surface area contributed by atoms with Crippen molar-refractivity contribution in [1.82, 2.24) is 15.3 Å². The molecule has 18 heavy (non-hydrogen) atoms. The van der Waals surface area contributed by atoms with Gasteiger partial charge in [0.2, 0.25) is 0 Å².